The number of unbranched alkanes of at least 4 members (excludes halogenated alkanes) is 1. The topological polar surface area (TPSA) is 72.2 Å². The average Bonchev–Trinajstić information content (AvgIpc) is 2.32. The molecule has 18 heavy (non-hydrogen) atoms. The van der Waals surface area contributed by atoms with Crippen molar-refractivity contribution in [1.29, 1.82) is 0 Å². The van der Waals surface area contributed by atoms with E-state index in [1.54, 1.807) is 12.1 Å². The van der Waals surface area contributed by atoms with Crippen molar-refractivity contribution in [3.8, 4) is 0 Å². The molecule has 1 aromatic rings. The third kappa shape index (κ3) is 4.14. The Bertz CT molecular complexity index is 447. The van der Waals surface area contributed by atoms with E-state index in [-0.39, 0.29) is 11.7 Å². The minimum Gasteiger partial charge on any atom is -0.398 e. The fourth-order valence-corrected chi connectivity index (χ4v) is 2.64. The van der Waals surface area contributed by atoms with Crippen molar-refractivity contribution < 1.29 is 9.00 Å². The number of benzene rings is 1. The Hall–Kier alpha value is -1.36. The SMILES string of the molecule is CCCCNC(=O)CS(=O)c1cccc(C)c1N. The molecule has 1 aromatic carbocycles. The van der Waals surface area contributed by atoms with Gasteiger partial charge in [0.05, 0.1) is 21.4 Å². The predicted octanol–water partition coefficient (Wildman–Crippen LogP) is 1.60. The Morgan fingerprint density at radius 3 is 2.83 bits per heavy atom. The summed E-state index contributed by atoms with van der Waals surface area (Å²) in [6.07, 6.45) is 1.96. The first-order chi connectivity index (χ1) is 8.56. The normalized spacial score (nSPS) is 12.1. The van der Waals surface area contributed by atoms with E-state index in [0.717, 1.165) is 18.4 Å². The highest BCUT2D eigenvalue weighted by Gasteiger charge is 2.13. The monoisotopic (exact) mass is 268 g/mol. The van der Waals surface area contributed by atoms with Crippen molar-refractivity contribution in [3.63, 3.8) is 0 Å². The standard InChI is InChI=1S/C13H20N2O2S/c1-3-4-8-15-12(16)9-18(17)11-7-5-6-10(2)13(11)14/h5-7H,3-4,8-9,14H2,1-2H3,(H,15,16). The highest BCUT2D eigenvalue weighted by molar-refractivity contribution is 7.86. The first-order valence-electron chi connectivity index (χ1n) is 6.06. The summed E-state index contributed by atoms with van der Waals surface area (Å²) in [7, 11) is -1.38. The van der Waals surface area contributed by atoms with Gasteiger partial charge in [-0.2, -0.15) is 0 Å². The fourth-order valence-electron chi connectivity index (χ4n) is 1.50. The van der Waals surface area contributed by atoms with Crippen LogP contribution in [0.5, 0.6) is 0 Å². The number of nitrogens with one attached hydrogen (secondary N) is 1. The number of rotatable bonds is 6. The van der Waals surface area contributed by atoms with Crippen LogP contribution in [0.4, 0.5) is 5.69 Å². The van der Waals surface area contributed by atoms with E-state index in [4.69, 9.17) is 5.73 Å². The summed E-state index contributed by atoms with van der Waals surface area (Å²) in [6, 6.07) is 5.36. The molecule has 0 bridgehead atoms. The molecule has 4 nitrogen and oxygen atoms in total. The van der Waals surface area contributed by atoms with E-state index in [2.05, 4.69) is 12.2 Å². The van der Waals surface area contributed by atoms with Gasteiger partial charge in [0, 0.05) is 6.54 Å². The van der Waals surface area contributed by atoms with E-state index in [9.17, 15) is 9.00 Å². The van der Waals surface area contributed by atoms with Gasteiger partial charge in [0.25, 0.3) is 0 Å². The molecule has 100 valence electrons. The lowest BCUT2D eigenvalue weighted by molar-refractivity contribution is -0.118. The summed E-state index contributed by atoms with van der Waals surface area (Å²) >= 11 is 0. The smallest absolute Gasteiger partial charge is 0.233 e. The zero-order chi connectivity index (χ0) is 13.5. The summed E-state index contributed by atoms with van der Waals surface area (Å²) in [6.45, 7) is 4.55. The average molecular weight is 268 g/mol. The van der Waals surface area contributed by atoms with Crippen LogP contribution in [0.3, 0.4) is 0 Å². The molecule has 0 saturated heterocycles. The fraction of sp³-hybridized carbons (Fsp3) is 0.462. The molecule has 0 saturated carbocycles. The van der Waals surface area contributed by atoms with Gasteiger partial charge in [-0.1, -0.05) is 25.5 Å². The molecule has 0 heterocycles. The first kappa shape index (κ1) is 14.7. The lowest BCUT2D eigenvalue weighted by Gasteiger charge is -2.08. The van der Waals surface area contributed by atoms with E-state index in [1.807, 2.05) is 13.0 Å². The number of nitrogen functional groups attached to an aromatic ring is 1. The number of hydrogen-bond acceptors (Lipinski definition) is 3. The lowest BCUT2D eigenvalue weighted by atomic mass is 10.2. The molecule has 1 rings (SSSR count). The van der Waals surface area contributed by atoms with Gasteiger partial charge in [0.15, 0.2) is 0 Å². The number of nitrogens with two attached hydrogens (primary N) is 1. The molecule has 5 heteroatoms. The Labute approximate surface area is 110 Å². The maximum Gasteiger partial charge on any atom is 0.233 e. The minimum atomic E-state index is -1.38. The van der Waals surface area contributed by atoms with Crippen LogP contribution in [0.1, 0.15) is 25.3 Å². The van der Waals surface area contributed by atoms with Crippen LogP contribution >= 0.6 is 0 Å². The maximum atomic E-state index is 12.0. The Balaban J connectivity index is 2.60. The van der Waals surface area contributed by atoms with Crippen molar-refractivity contribution >= 4 is 22.4 Å². The maximum absolute atomic E-state index is 12.0. The molecule has 0 radical (unpaired) electrons. The summed E-state index contributed by atoms with van der Waals surface area (Å²) in [5, 5.41) is 2.75. The second-order valence-corrected chi connectivity index (χ2v) is 5.60. The van der Waals surface area contributed by atoms with Crippen LogP contribution in [-0.2, 0) is 15.6 Å². The van der Waals surface area contributed by atoms with Gasteiger partial charge in [0.2, 0.25) is 5.91 Å². The number of aryl methyl sites for hydroxylation is 1. The van der Waals surface area contributed by atoms with Crippen molar-refractivity contribution in [2.45, 2.75) is 31.6 Å². The van der Waals surface area contributed by atoms with Crippen LogP contribution in [0.15, 0.2) is 23.1 Å². The highest BCUT2D eigenvalue weighted by Crippen LogP contribution is 2.20. The van der Waals surface area contributed by atoms with Crippen LogP contribution < -0.4 is 11.1 Å². The number of carbonyl (C=O) groups is 1. The van der Waals surface area contributed by atoms with Gasteiger partial charge >= 0.3 is 0 Å². The number of hydrogen-bond donors (Lipinski definition) is 2. The third-order valence-electron chi connectivity index (χ3n) is 2.64. The molecule has 1 unspecified atom stereocenters. The lowest BCUT2D eigenvalue weighted by Crippen LogP contribution is -2.29. The predicted molar refractivity (Wildman–Crippen MR) is 74.8 cm³/mol. The molecule has 1 amide bonds. The molecule has 1 atom stereocenters. The highest BCUT2D eigenvalue weighted by atomic mass is 32.2. The Morgan fingerprint density at radius 2 is 2.17 bits per heavy atom. The third-order valence-corrected chi connectivity index (χ3v) is 4.02. The van der Waals surface area contributed by atoms with Crippen molar-refractivity contribution in [1.82, 2.24) is 5.32 Å². The second-order valence-electron chi connectivity index (χ2n) is 4.18. The van der Waals surface area contributed by atoms with E-state index < -0.39 is 10.8 Å². The van der Waals surface area contributed by atoms with Gasteiger partial charge in [-0.3, -0.25) is 9.00 Å². The van der Waals surface area contributed by atoms with Crippen molar-refractivity contribution in [3.05, 3.63) is 23.8 Å². The van der Waals surface area contributed by atoms with Gasteiger partial charge in [0.1, 0.15) is 5.75 Å². The van der Waals surface area contributed by atoms with E-state index in [0.29, 0.717) is 17.1 Å². The molecule has 0 aliphatic heterocycles. The van der Waals surface area contributed by atoms with Crippen molar-refractivity contribution in [2.24, 2.45) is 0 Å². The molecule has 0 fully saturated rings. The first-order valence-corrected chi connectivity index (χ1v) is 7.38. The largest absolute Gasteiger partial charge is 0.398 e. The summed E-state index contributed by atoms with van der Waals surface area (Å²) < 4.78 is 12.0. The zero-order valence-corrected chi connectivity index (χ0v) is 11.7. The number of amides is 1. The molecule has 0 aliphatic carbocycles. The molecule has 0 aromatic heterocycles. The van der Waals surface area contributed by atoms with Gasteiger partial charge in [-0.25, -0.2) is 0 Å². The van der Waals surface area contributed by atoms with Crippen LogP contribution in [-0.4, -0.2) is 22.4 Å². The van der Waals surface area contributed by atoms with Crippen LogP contribution in [0, 0.1) is 6.92 Å². The molecular formula is C13H20N2O2S. The number of carbonyl (C=O) groups excluding carboxylic acids is 1. The van der Waals surface area contributed by atoms with Crippen LogP contribution in [0.25, 0.3) is 0 Å². The van der Waals surface area contributed by atoms with Crippen molar-refractivity contribution in [2.75, 3.05) is 18.0 Å². The molecule has 0 aliphatic rings. The Kier molecular flexibility index (Phi) is 5.85. The molecule has 3 N–H and O–H groups in total. The van der Waals surface area contributed by atoms with Gasteiger partial charge in [-0.05, 0) is 25.0 Å². The number of anilines is 1. The molecular weight excluding hydrogens is 248 g/mol. The Morgan fingerprint density at radius 1 is 1.44 bits per heavy atom. The quantitative estimate of drug-likeness (QED) is 0.608. The second kappa shape index (κ2) is 7.16. The van der Waals surface area contributed by atoms with Gasteiger partial charge in [-0.15, -0.1) is 0 Å². The summed E-state index contributed by atoms with van der Waals surface area (Å²) in [5.41, 5.74) is 7.25. The summed E-state index contributed by atoms with van der Waals surface area (Å²) in [5.74, 6) is -0.222. The summed E-state index contributed by atoms with van der Waals surface area (Å²) in [4.78, 5) is 12.1. The minimum absolute atomic E-state index is 0.0304. The zero-order valence-electron chi connectivity index (χ0n) is 10.9. The number of para-hydroxylation sites is 1. The molecule has 0 spiro atoms. The van der Waals surface area contributed by atoms with E-state index in [1.165, 1.54) is 0 Å². The van der Waals surface area contributed by atoms with Gasteiger partial charge < -0.3 is 11.1 Å². The van der Waals surface area contributed by atoms with Crippen LogP contribution in [0.2, 0.25) is 0 Å². The van der Waals surface area contributed by atoms with E-state index >= 15 is 0 Å².